The summed E-state index contributed by atoms with van der Waals surface area (Å²) in [5.41, 5.74) is -0.964. The molecule has 3 aromatic rings. The van der Waals surface area contributed by atoms with Crippen molar-refractivity contribution in [2.75, 3.05) is 0 Å². The van der Waals surface area contributed by atoms with Crippen LogP contribution < -0.4 is 5.56 Å². The molecule has 106 valence electrons. The third-order valence-electron chi connectivity index (χ3n) is 3.15. The lowest BCUT2D eigenvalue weighted by molar-refractivity contribution is 0.0963. The van der Waals surface area contributed by atoms with Gasteiger partial charge in [0.15, 0.2) is 5.78 Å². The van der Waals surface area contributed by atoms with Crippen molar-refractivity contribution >= 4 is 27.2 Å². The number of rotatable bonds is 3. The first-order chi connectivity index (χ1) is 10.1. The summed E-state index contributed by atoms with van der Waals surface area (Å²) in [6, 6.07) is 6.58. The van der Waals surface area contributed by atoms with Gasteiger partial charge in [0, 0.05) is 10.9 Å². The molecule has 0 fully saturated rings. The first-order valence-corrected chi connectivity index (χ1v) is 7.00. The zero-order valence-electron chi connectivity index (χ0n) is 10.7. The van der Waals surface area contributed by atoms with E-state index >= 15 is 0 Å². The molecule has 2 heterocycles. The number of carbonyl (C=O) groups excluding carboxylic acids is 1. The van der Waals surface area contributed by atoms with Gasteiger partial charge in [-0.25, -0.2) is 8.78 Å². The van der Waals surface area contributed by atoms with E-state index < -0.39 is 29.5 Å². The fraction of sp³-hybridized carbons (Fsp3) is 0.0667. The van der Waals surface area contributed by atoms with Gasteiger partial charge in [0.2, 0.25) is 0 Å². The lowest BCUT2D eigenvalue weighted by Crippen LogP contribution is -2.24. The largest absolute Gasteiger partial charge is 0.307 e. The quantitative estimate of drug-likeness (QED) is 0.697. The van der Waals surface area contributed by atoms with Crippen LogP contribution in [0, 0.1) is 11.6 Å². The number of aromatic nitrogens is 1. The highest BCUT2D eigenvalue weighted by Gasteiger charge is 2.18. The van der Waals surface area contributed by atoms with Gasteiger partial charge in [0.25, 0.3) is 5.56 Å². The van der Waals surface area contributed by atoms with E-state index in [2.05, 4.69) is 0 Å². The monoisotopic (exact) mass is 305 g/mol. The van der Waals surface area contributed by atoms with Crippen LogP contribution in [0.3, 0.4) is 0 Å². The SMILES string of the molecule is O=C(Cn1ccc2sccc2c1=O)c1c(F)cccc1F. The molecule has 0 unspecified atom stereocenters. The van der Waals surface area contributed by atoms with Crippen LogP contribution in [-0.4, -0.2) is 10.4 Å². The molecule has 0 amide bonds. The normalized spacial score (nSPS) is 11.0. The highest BCUT2D eigenvalue weighted by Crippen LogP contribution is 2.17. The Hall–Kier alpha value is -2.34. The molecule has 0 N–H and O–H groups in total. The number of fused-ring (bicyclic) bond motifs is 1. The Balaban J connectivity index is 2.00. The first-order valence-electron chi connectivity index (χ1n) is 6.12. The molecule has 0 saturated carbocycles. The second kappa shape index (κ2) is 5.21. The molecule has 0 aliphatic carbocycles. The van der Waals surface area contributed by atoms with Crippen LogP contribution in [0.4, 0.5) is 8.78 Å². The van der Waals surface area contributed by atoms with E-state index in [1.165, 1.54) is 23.6 Å². The molecule has 0 atom stereocenters. The van der Waals surface area contributed by atoms with Gasteiger partial charge in [-0.1, -0.05) is 6.07 Å². The van der Waals surface area contributed by atoms with Crippen molar-refractivity contribution in [3.05, 3.63) is 69.5 Å². The Kier molecular flexibility index (Phi) is 3.39. The van der Waals surface area contributed by atoms with E-state index in [0.29, 0.717) is 5.39 Å². The summed E-state index contributed by atoms with van der Waals surface area (Å²) in [6.45, 7) is -0.400. The van der Waals surface area contributed by atoms with E-state index in [-0.39, 0.29) is 5.56 Å². The molecule has 3 rings (SSSR count). The molecule has 0 saturated heterocycles. The molecule has 2 aromatic heterocycles. The molecular weight excluding hydrogens is 296 g/mol. The summed E-state index contributed by atoms with van der Waals surface area (Å²) in [5.74, 6) is -2.63. The minimum absolute atomic E-state index is 0.348. The Morgan fingerprint density at radius 3 is 2.57 bits per heavy atom. The number of thiophene rings is 1. The standard InChI is InChI=1S/C15H9F2NO2S/c16-10-2-1-3-11(17)14(10)12(19)8-18-6-4-13-9(15(18)20)5-7-21-13/h1-7H,8H2. The number of ketones is 1. The molecule has 0 bridgehead atoms. The van der Waals surface area contributed by atoms with Crippen LogP contribution in [0.5, 0.6) is 0 Å². The molecule has 21 heavy (non-hydrogen) atoms. The van der Waals surface area contributed by atoms with Crippen molar-refractivity contribution < 1.29 is 13.6 Å². The Morgan fingerprint density at radius 2 is 1.86 bits per heavy atom. The highest BCUT2D eigenvalue weighted by atomic mass is 32.1. The third kappa shape index (κ3) is 2.38. The number of Topliss-reactive ketones (excluding diaryl/α,β-unsaturated/α-hetero) is 1. The van der Waals surface area contributed by atoms with Gasteiger partial charge in [-0.3, -0.25) is 9.59 Å². The number of pyridine rings is 1. The molecule has 0 radical (unpaired) electrons. The van der Waals surface area contributed by atoms with Crippen LogP contribution in [0.25, 0.3) is 10.1 Å². The van der Waals surface area contributed by atoms with Gasteiger partial charge in [-0.15, -0.1) is 11.3 Å². The molecule has 0 aliphatic rings. The maximum Gasteiger partial charge on any atom is 0.259 e. The van der Waals surface area contributed by atoms with Gasteiger partial charge in [-0.05, 0) is 29.6 Å². The fourth-order valence-corrected chi connectivity index (χ4v) is 2.90. The molecule has 0 spiro atoms. The Bertz CT molecular complexity index is 878. The predicted octanol–water partition coefficient (Wildman–Crippen LogP) is 3.22. The van der Waals surface area contributed by atoms with E-state index in [0.717, 1.165) is 21.4 Å². The predicted molar refractivity (Wildman–Crippen MR) is 76.8 cm³/mol. The van der Waals surface area contributed by atoms with Gasteiger partial charge >= 0.3 is 0 Å². The smallest absolute Gasteiger partial charge is 0.259 e. The second-order valence-corrected chi connectivity index (χ2v) is 5.41. The van der Waals surface area contributed by atoms with Crippen LogP contribution in [0.1, 0.15) is 10.4 Å². The zero-order valence-corrected chi connectivity index (χ0v) is 11.5. The molecule has 0 aliphatic heterocycles. The van der Waals surface area contributed by atoms with Crippen molar-refractivity contribution in [3.8, 4) is 0 Å². The summed E-state index contributed by atoms with van der Waals surface area (Å²) < 4.78 is 29.1. The van der Waals surface area contributed by atoms with Crippen LogP contribution >= 0.6 is 11.3 Å². The zero-order chi connectivity index (χ0) is 15.0. The molecule has 6 heteroatoms. The third-order valence-corrected chi connectivity index (χ3v) is 4.03. The summed E-state index contributed by atoms with van der Waals surface area (Å²) in [7, 11) is 0. The highest BCUT2D eigenvalue weighted by molar-refractivity contribution is 7.17. The van der Waals surface area contributed by atoms with Crippen LogP contribution in [0.15, 0.2) is 46.7 Å². The summed E-state index contributed by atoms with van der Waals surface area (Å²) >= 11 is 1.41. The van der Waals surface area contributed by atoms with Gasteiger partial charge in [-0.2, -0.15) is 0 Å². The number of carbonyl (C=O) groups is 1. The average Bonchev–Trinajstić information content (AvgIpc) is 2.91. The van der Waals surface area contributed by atoms with E-state index in [9.17, 15) is 18.4 Å². The topological polar surface area (TPSA) is 39.1 Å². The summed E-state index contributed by atoms with van der Waals surface area (Å²) in [6.07, 6.45) is 1.46. The number of hydrogen-bond donors (Lipinski definition) is 0. The number of nitrogens with zero attached hydrogens (tertiary/aromatic N) is 1. The van der Waals surface area contributed by atoms with Gasteiger partial charge < -0.3 is 4.57 Å². The Morgan fingerprint density at radius 1 is 1.14 bits per heavy atom. The molecular formula is C15H9F2NO2S. The van der Waals surface area contributed by atoms with Gasteiger partial charge in [0.1, 0.15) is 11.6 Å². The van der Waals surface area contributed by atoms with E-state index in [4.69, 9.17) is 0 Å². The van der Waals surface area contributed by atoms with Crippen molar-refractivity contribution in [2.45, 2.75) is 6.54 Å². The number of halogens is 2. The van der Waals surface area contributed by atoms with E-state index in [1.807, 2.05) is 0 Å². The number of hydrogen-bond acceptors (Lipinski definition) is 3. The van der Waals surface area contributed by atoms with E-state index in [1.54, 1.807) is 17.5 Å². The van der Waals surface area contributed by atoms with Crippen molar-refractivity contribution in [1.29, 1.82) is 0 Å². The fourth-order valence-electron chi connectivity index (χ4n) is 2.13. The minimum atomic E-state index is -0.926. The first kappa shape index (κ1) is 13.6. The summed E-state index contributed by atoms with van der Waals surface area (Å²) in [4.78, 5) is 24.2. The van der Waals surface area contributed by atoms with Crippen LogP contribution in [0.2, 0.25) is 0 Å². The molecule has 1 aromatic carbocycles. The molecule has 3 nitrogen and oxygen atoms in total. The summed E-state index contributed by atoms with van der Waals surface area (Å²) in [5, 5.41) is 2.26. The van der Waals surface area contributed by atoms with Crippen LogP contribution in [-0.2, 0) is 6.54 Å². The van der Waals surface area contributed by atoms with Crippen molar-refractivity contribution in [1.82, 2.24) is 4.57 Å². The maximum absolute atomic E-state index is 13.6. The maximum atomic E-state index is 13.6. The van der Waals surface area contributed by atoms with Crippen molar-refractivity contribution in [2.24, 2.45) is 0 Å². The number of benzene rings is 1. The average molecular weight is 305 g/mol. The minimum Gasteiger partial charge on any atom is -0.307 e. The van der Waals surface area contributed by atoms with Crippen molar-refractivity contribution in [3.63, 3.8) is 0 Å². The Labute approximate surface area is 122 Å². The second-order valence-electron chi connectivity index (χ2n) is 4.47. The van der Waals surface area contributed by atoms with Gasteiger partial charge in [0.05, 0.1) is 17.5 Å². The lowest BCUT2D eigenvalue weighted by Gasteiger charge is -2.07. The lowest BCUT2D eigenvalue weighted by atomic mass is 10.1.